The van der Waals surface area contributed by atoms with Gasteiger partial charge in [-0.1, -0.05) is 56.0 Å². The van der Waals surface area contributed by atoms with Crippen LogP contribution >= 0.6 is 25.6 Å². The van der Waals surface area contributed by atoms with Crippen LogP contribution in [0.1, 0.15) is 5.56 Å². The van der Waals surface area contributed by atoms with Crippen molar-refractivity contribution < 1.29 is 0 Å². The first kappa shape index (κ1) is 8.97. The zero-order valence-electron chi connectivity index (χ0n) is 6.14. The van der Waals surface area contributed by atoms with Crippen molar-refractivity contribution in [2.45, 2.75) is 6.42 Å². The van der Waals surface area contributed by atoms with Crippen LogP contribution in [-0.2, 0) is 6.42 Å². The van der Waals surface area contributed by atoms with Crippen LogP contribution in [0.15, 0.2) is 30.3 Å². The van der Waals surface area contributed by atoms with Crippen LogP contribution in [-0.4, -0.2) is 10.3 Å². The van der Waals surface area contributed by atoms with Crippen LogP contribution in [0.4, 0.5) is 0 Å². The highest BCUT2D eigenvalue weighted by molar-refractivity contribution is 7.93. The van der Waals surface area contributed by atoms with Crippen molar-refractivity contribution in [1.29, 1.82) is 0 Å². The Kier molecular flexibility index (Phi) is 3.83. The molecule has 1 rings (SSSR count). The van der Waals surface area contributed by atoms with E-state index < -0.39 is 0 Å². The molecule has 0 aliphatic carbocycles. The third-order valence-electron chi connectivity index (χ3n) is 1.44. The molecule has 0 bridgehead atoms. The lowest BCUT2D eigenvalue weighted by molar-refractivity contribution is 0.741. The molecular weight excluding hydrogens is 174 g/mol. The summed E-state index contributed by atoms with van der Waals surface area (Å²) < 4.78 is 1.59. The van der Waals surface area contributed by atoms with Gasteiger partial charge < -0.3 is 0 Å². The van der Waals surface area contributed by atoms with Crippen LogP contribution in [0.5, 0.6) is 0 Å². The molecule has 1 aromatic rings. The van der Waals surface area contributed by atoms with E-state index in [0.29, 0.717) is 0 Å². The summed E-state index contributed by atoms with van der Waals surface area (Å²) in [6.07, 6.45) is 0.994. The Labute approximate surface area is 78.5 Å². The maximum Gasteiger partial charge on any atom is 0.0238 e. The summed E-state index contributed by atoms with van der Waals surface area (Å²) in [5.41, 5.74) is 1.32. The normalized spacial score (nSPS) is 10.5. The highest BCUT2D eigenvalue weighted by atomic mass is 32.2. The first-order chi connectivity index (χ1) is 5.29. The Balaban J connectivity index is 2.39. The highest BCUT2D eigenvalue weighted by Crippen LogP contribution is 2.03. The second-order valence-corrected chi connectivity index (χ2v) is 3.61. The van der Waals surface area contributed by atoms with E-state index in [1.807, 2.05) is 18.2 Å². The van der Waals surface area contributed by atoms with Crippen molar-refractivity contribution in [1.82, 2.24) is 3.71 Å². The predicted octanol–water partition coefficient (Wildman–Crippen LogP) is 2.22. The summed E-state index contributed by atoms with van der Waals surface area (Å²) in [6, 6.07) is 10.3. The fraction of sp³-hybridized carbons (Fsp3) is 0.250. The number of rotatable bonds is 3. The van der Waals surface area contributed by atoms with Gasteiger partial charge >= 0.3 is 0 Å². The van der Waals surface area contributed by atoms with Crippen LogP contribution in [0.3, 0.4) is 0 Å². The second-order valence-electron chi connectivity index (χ2n) is 2.33. The average molecular weight is 185 g/mol. The number of benzene rings is 1. The van der Waals surface area contributed by atoms with Gasteiger partial charge in [0.25, 0.3) is 0 Å². The maximum absolute atomic E-state index is 4.03. The minimum atomic E-state index is 0.857. The van der Waals surface area contributed by atoms with E-state index in [4.69, 9.17) is 0 Å². The first-order valence-corrected chi connectivity index (χ1v) is 4.28. The summed E-state index contributed by atoms with van der Waals surface area (Å²) in [5.74, 6) is 0. The molecule has 0 radical (unpaired) electrons. The summed E-state index contributed by atoms with van der Waals surface area (Å²) in [5, 5.41) is 0. The van der Waals surface area contributed by atoms with E-state index in [2.05, 4.69) is 37.8 Å². The molecule has 0 amide bonds. The first-order valence-electron chi connectivity index (χ1n) is 3.48. The van der Waals surface area contributed by atoms with Crippen molar-refractivity contribution in [2.24, 2.45) is 0 Å². The van der Waals surface area contributed by atoms with Crippen molar-refractivity contribution >= 4 is 25.6 Å². The van der Waals surface area contributed by atoms with Gasteiger partial charge in [-0.3, -0.25) is 0 Å². The van der Waals surface area contributed by atoms with Gasteiger partial charge in [-0.05, 0) is 12.0 Å². The second kappa shape index (κ2) is 4.70. The Bertz CT molecular complexity index is 199. The molecule has 0 aliphatic heterocycles. The molecule has 60 valence electrons. The third kappa shape index (κ3) is 3.70. The molecule has 0 N–H and O–H groups in total. The van der Waals surface area contributed by atoms with Crippen molar-refractivity contribution in [3.05, 3.63) is 35.9 Å². The summed E-state index contributed by atoms with van der Waals surface area (Å²) in [6.45, 7) is 0.857. The van der Waals surface area contributed by atoms with E-state index in [1.165, 1.54) is 5.56 Å². The highest BCUT2D eigenvalue weighted by Gasteiger charge is 1.93. The summed E-state index contributed by atoms with van der Waals surface area (Å²) >= 11 is 8.05. The molecule has 0 saturated heterocycles. The molecule has 0 saturated carbocycles. The van der Waals surface area contributed by atoms with Gasteiger partial charge in [0.15, 0.2) is 0 Å². The smallest absolute Gasteiger partial charge is 0.0238 e. The van der Waals surface area contributed by atoms with E-state index in [9.17, 15) is 0 Å². The van der Waals surface area contributed by atoms with Crippen LogP contribution in [0.2, 0.25) is 0 Å². The fourth-order valence-corrected chi connectivity index (χ4v) is 1.07. The average Bonchev–Trinajstić information content (AvgIpc) is 2.03. The monoisotopic (exact) mass is 185 g/mol. The summed E-state index contributed by atoms with van der Waals surface area (Å²) in [7, 11) is 0. The van der Waals surface area contributed by atoms with Gasteiger partial charge in [0, 0.05) is 6.54 Å². The molecule has 0 aromatic heterocycles. The van der Waals surface area contributed by atoms with E-state index in [1.54, 1.807) is 3.71 Å². The molecule has 0 atom stereocenters. The Morgan fingerprint density at radius 2 is 1.73 bits per heavy atom. The molecule has 0 spiro atoms. The molecule has 11 heavy (non-hydrogen) atoms. The maximum atomic E-state index is 4.03. The SMILES string of the molecule is SN(S)CCc1ccccc1. The zero-order chi connectivity index (χ0) is 8.10. The van der Waals surface area contributed by atoms with Crippen molar-refractivity contribution in [2.75, 3.05) is 6.54 Å². The minimum Gasteiger partial charge on any atom is -0.200 e. The third-order valence-corrected chi connectivity index (χ3v) is 1.84. The molecular formula is C8H11NS2. The Hall–Kier alpha value is -0.120. The Morgan fingerprint density at radius 3 is 2.27 bits per heavy atom. The molecule has 1 aromatic carbocycles. The predicted molar refractivity (Wildman–Crippen MR) is 54.8 cm³/mol. The largest absolute Gasteiger partial charge is 0.200 e. The minimum absolute atomic E-state index is 0.857. The van der Waals surface area contributed by atoms with Gasteiger partial charge in [-0.15, -0.1) is 0 Å². The van der Waals surface area contributed by atoms with Crippen LogP contribution in [0, 0.1) is 0 Å². The van der Waals surface area contributed by atoms with Gasteiger partial charge in [-0.25, -0.2) is 0 Å². The number of thiol groups is 2. The zero-order valence-corrected chi connectivity index (χ0v) is 7.93. The fourth-order valence-electron chi connectivity index (χ4n) is 0.874. The molecule has 3 heteroatoms. The molecule has 1 nitrogen and oxygen atoms in total. The topological polar surface area (TPSA) is 3.24 Å². The summed E-state index contributed by atoms with van der Waals surface area (Å²) in [4.78, 5) is 0. The van der Waals surface area contributed by atoms with Gasteiger partial charge in [0.2, 0.25) is 0 Å². The quantitative estimate of drug-likeness (QED) is 0.683. The molecule has 0 fully saturated rings. The lowest BCUT2D eigenvalue weighted by Gasteiger charge is -2.05. The van der Waals surface area contributed by atoms with Crippen molar-refractivity contribution in [3.63, 3.8) is 0 Å². The lowest BCUT2D eigenvalue weighted by Crippen LogP contribution is -2.03. The van der Waals surface area contributed by atoms with Crippen LogP contribution < -0.4 is 0 Å². The molecule has 0 aliphatic rings. The molecule has 0 heterocycles. The Morgan fingerprint density at radius 1 is 1.09 bits per heavy atom. The number of nitrogens with zero attached hydrogens (tertiary/aromatic N) is 1. The van der Waals surface area contributed by atoms with Crippen molar-refractivity contribution in [3.8, 4) is 0 Å². The standard InChI is InChI=1S/C8H11NS2/c10-9(11)7-6-8-4-2-1-3-5-8/h1-5,10-11H,6-7H2. The van der Waals surface area contributed by atoms with Crippen LogP contribution in [0.25, 0.3) is 0 Å². The van der Waals surface area contributed by atoms with E-state index in [0.717, 1.165) is 13.0 Å². The van der Waals surface area contributed by atoms with Gasteiger partial charge in [0.1, 0.15) is 0 Å². The van der Waals surface area contributed by atoms with Gasteiger partial charge in [-0.2, -0.15) is 3.71 Å². The van der Waals surface area contributed by atoms with E-state index >= 15 is 0 Å². The number of hydrogen-bond donors (Lipinski definition) is 2. The van der Waals surface area contributed by atoms with E-state index in [-0.39, 0.29) is 0 Å². The molecule has 0 unspecified atom stereocenters. The van der Waals surface area contributed by atoms with Gasteiger partial charge in [0.05, 0.1) is 0 Å². The lowest BCUT2D eigenvalue weighted by atomic mass is 10.2. The number of hydrogen-bond acceptors (Lipinski definition) is 3.